The lowest BCUT2D eigenvalue weighted by Gasteiger charge is -2.25. The van der Waals surface area contributed by atoms with Crippen LogP contribution in [-0.2, 0) is 0 Å². The van der Waals surface area contributed by atoms with Gasteiger partial charge in [-0.2, -0.15) is 0 Å². The number of hydrogen-bond donors (Lipinski definition) is 1. The van der Waals surface area contributed by atoms with Crippen molar-refractivity contribution in [3.8, 4) is 0 Å². The van der Waals surface area contributed by atoms with Crippen molar-refractivity contribution in [1.82, 2.24) is 5.32 Å². The Morgan fingerprint density at radius 2 is 1.83 bits per heavy atom. The third-order valence-electron chi connectivity index (χ3n) is 4.17. The molecule has 1 N–H and O–H groups in total. The molecule has 2 fully saturated rings. The van der Waals surface area contributed by atoms with Crippen LogP contribution in [0.1, 0.15) is 60.4 Å². The smallest absolute Gasteiger partial charge is 0.164 e. The van der Waals surface area contributed by atoms with Gasteiger partial charge in [0.15, 0.2) is 5.78 Å². The van der Waals surface area contributed by atoms with Gasteiger partial charge in [-0.3, -0.25) is 4.79 Å². The lowest BCUT2D eigenvalue weighted by molar-refractivity contribution is 0.0982. The Labute approximate surface area is 109 Å². The van der Waals surface area contributed by atoms with E-state index in [1.807, 2.05) is 12.1 Å². The summed E-state index contributed by atoms with van der Waals surface area (Å²) in [5.74, 6) is 1.02. The Morgan fingerprint density at radius 1 is 1.11 bits per heavy atom. The average Bonchev–Trinajstić information content (AvgIpc) is 3.12. The number of carbonyl (C=O) groups excluding carboxylic acids is 1. The zero-order chi connectivity index (χ0) is 12.4. The SMILES string of the molecule is O=C(CCNC1CC1)c1ccc(C2CCC2)cc1. The predicted octanol–water partition coefficient (Wildman–Crippen LogP) is 3.28. The number of Topliss-reactive ketones (excluding diaryl/α,β-unsaturated/α-hetero) is 1. The number of carbonyl (C=O) groups is 1. The van der Waals surface area contributed by atoms with Crippen LogP contribution in [0.5, 0.6) is 0 Å². The Kier molecular flexibility index (Phi) is 3.46. The maximum atomic E-state index is 12.0. The Hall–Kier alpha value is -1.15. The quantitative estimate of drug-likeness (QED) is 0.777. The van der Waals surface area contributed by atoms with Crippen LogP contribution in [0, 0.1) is 0 Å². The van der Waals surface area contributed by atoms with Crippen LogP contribution >= 0.6 is 0 Å². The van der Waals surface area contributed by atoms with Gasteiger partial charge in [0, 0.05) is 24.6 Å². The van der Waals surface area contributed by atoms with Gasteiger partial charge in [-0.15, -0.1) is 0 Å². The molecule has 0 amide bonds. The minimum atomic E-state index is 0.267. The summed E-state index contributed by atoms with van der Waals surface area (Å²) < 4.78 is 0. The van der Waals surface area contributed by atoms with E-state index in [1.165, 1.54) is 37.7 Å². The molecule has 0 heterocycles. The van der Waals surface area contributed by atoms with E-state index < -0.39 is 0 Å². The molecule has 0 unspecified atom stereocenters. The molecule has 2 heteroatoms. The first-order chi connectivity index (χ1) is 8.83. The second kappa shape index (κ2) is 5.23. The monoisotopic (exact) mass is 243 g/mol. The van der Waals surface area contributed by atoms with Crippen LogP contribution in [-0.4, -0.2) is 18.4 Å². The lowest BCUT2D eigenvalue weighted by atomic mass is 9.80. The molecule has 2 saturated carbocycles. The average molecular weight is 243 g/mol. The molecule has 0 bridgehead atoms. The fraction of sp³-hybridized carbons (Fsp3) is 0.562. The first-order valence-electron chi connectivity index (χ1n) is 7.19. The van der Waals surface area contributed by atoms with Crippen molar-refractivity contribution in [2.75, 3.05) is 6.54 Å². The van der Waals surface area contributed by atoms with Gasteiger partial charge in [0.2, 0.25) is 0 Å². The molecule has 18 heavy (non-hydrogen) atoms. The number of benzene rings is 1. The van der Waals surface area contributed by atoms with Crippen molar-refractivity contribution in [2.24, 2.45) is 0 Å². The molecular formula is C16H21NO. The molecule has 0 aliphatic heterocycles. The van der Waals surface area contributed by atoms with Gasteiger partial charge in [0.05, 0.1) is 0 Å². The van der Waals surface area contributed by atoms with Gasteiger partial charge in [-0.05, 0) is 37.2 Å². The summed E-state index contributed by atoms with van der Waals surface area (Å²) in [7, 11) is 0. The van der Waals surface area contributed by atoms with Gasteiger partial charge in [0.25, 0.3) is 0 Å². The summed E-state index contributed by atoms with van der Waals surface area (Å²) in [4.78, 5) is 12.0. The van der Waals surface area contributed by atoms with Crippen LogP contribution in [0.25, 0.3) is 0 Å². The second-order valence-electron chi connectivity index (χ2n) is 5.65. The van der Waals surface area contributed by atoms with E-state index >= 15 is 0 Å². The van der Waals surface area contributed by atoms with Crippen LogP contribution < -0.4 is 5.32 Å². The van der Waals surface area contributed by atoms with Gasteiger partial charge >= 0.3 is 0 Å². The minimum Gasteiger partial charge on any atom is -0.314 e. The second-order valence-corrected chi connectivity index (χ2v) is 5.65. The highest BCUT2D eigenvalue weighted by atomic mass is 16.1. The third-order valence-corrected chi connectivity index (χ3v) is 4.17. The number of nitrogens with one attached hydrogen (secondary N) is 1. The first kappa shape index (κ1) is 11.9. The molecule has 3 rings (SSSR count). The van der Waals surface area contributed by atoms with Gasteiger partial charge in [-0.1, -0.05) is 30.7 Å². The van der Waals surface area contributed by atoms with Crippen LogP contribution in [0.3, 0.4) is 0 Å². The number of hydrogen-bond acceptors (Lipinski definition) is 2. The highest BCUT2D eigenvalue weighted by Gasteiger charge is 2.21. The molecule has 96 valence electrons. The largest absolute Gasteiger partial charge is 0.314 e. The zero-order valence-electron chi connectivity index (χ0n) is 10.8. The standard InChI is InChI=1S/C16H21NO/c18-16(10-11-17-15-8-9-15)14-6-4-13(5-7-14)12-2-1-3-12/h4-7,12,15,17H,1-3,8-11H2. The molecular weight excluding hydrogens is 222 g/mol. The van der Waals surface area contributed by atoms with E-state index in [1.54, 1.807) is 0 Å². The number of ketones is 1. The van der Waals surface area contributed by atoms with Crippen LogP contribution in [0.4, 0.5) is 0 Å². The van der Waals surface area contributed by atoms with Crippen molar-refractivity contribution in [1.29, 1.82) is 0 Å². The topological polar surface area (TPSA) is 29.1 Å². The predicted molar refractivity (Wildman–Crippen MR) is 73.0 cm³/mol. The molecule has 0 spiro atoms. The summed E-state index contributed by atoms with van der Waals surface area (Å²) in [5.41, 5.74) is 2.28. The Bertz CT molecular complexity index is 415. The van der Waals surface area contributed by atoms with E-state index in [0.29, 0.717) is 12.5 Å². The lowest BCUT2D eigenvalue weighted by Crippen LogP contribution is -2.20. The maximum absolute atomic E-state index is 12.0. The van der Waals surface area contributed by atoms with E-state index in [0.717, 1.165) is 18.0 Å². The van der Waals surface area contributed by atoms with Crippen molar-refractivity contribution in [3.63, 3.8) is 0 Å². The van der Waals surface area contributed by atoms with Gasteiger partial charge < -0.3 is 5.32 Å². The van der Waals surface area contributed by atoms with E-state index in [-0.39, 0.29) is 5.78 Å². The molecule has 0 atom stereocenters. The minimum absolute atomic E-state index is 0.267. The summed E-state index contributed by atoms with van der Waals surface area (Å²) in [6.45, 7) is 0.827. The van der Waals surface area contributed by atoms with Crippen molar-refractivity contribution in [3.05, 3.63) is 35.4 Å². The summed E-state index contributed by atoms with van der Waals surface area (Å²) >= 11 is 0. The molecule has 2 aliphatic carbocycles. The molecule has 1 aromatic rings. The molecule has 0 aromatic heterocycles. The Balaban J connectivity index is 1.52. The van der Waals surface area contributed by atoms with Gasteiger partial charge in [0.1, 0.15) is 0 Å². The first-order valence-corrected chi connectivity index (χ1v) is 7.19. The van der Waals surface area contributed by atoms with Crippen molar-refractivity contribution < 1.29 is 4.79 Å². The molecule has 0 radical (unpaired) electrons. The highest BCUT2D eigenvalue weighted by molar-refractivity contribution is 5.96. The molecule has 1 aromatic carbocycles. The van der Waals surface area contributed by atoms with Gasteiger partial charge in [-0.25, -0.2) is 0 Å². The fourth-order valence-electron chi connectivity index (χ4n) is 2.50. The van der Waals surface area contributed by atoms with Crippen LogP contribution in [0.2, 0.25) is 0 Å². The van der Waals surface area contributed by atoms with Crippen LogP contribution in [0.15, 0.2) is 24.3 Å². The van der Waals surface area contributed by atoms with Crippen molar-refractivity contribution in [2.45, 2.75) is 50.5 Å². The normalized spacial score (nSPS) is 19.6. The number of rotatable bonds is 6. The maximum Gasteiger partial charge on any atom is 0.164 e. The Morgan fingerprint density at radius 3 is 2.39 bits per heavy atom. The molecule has 2 nitrogen and oxygen atoms in total. The third kappa shape index (κ3) is 2.81. The van der Waals surface area contributed by atoms with E-state index in [2.05, 4.69) is 17.4 Å². The summed E-state index contributed by atoms with van der Waals surface area (Å²) in [5, 5.41) is 3.38. The van der Waals surface area contributed by atoms with E-state index in [9.17, 15) is 4.79 Å². The fourth-order valence-corrected chi connectivity index (χ4v) is 2.50. The molecule has 0 saturated heterocycles. The summed E-state index contributed by atoms with van der Waals surface area (Å²) in [6, 6.07) is 9.00. The van der Waals surface area contributed by atoms with Crippen molar-refractivity contribution >= 4 is 5.78 Å². The highest BCUT2D eigenvalue weighted by Crippen LogP contribution is 2.36. The zero-order valence-corrected chi connectivity index (χ0v) is 10.8. The van der Waals surface area contributed by atoms with E-state index in [4.69, 9.17) is 0 Å². The molecule has 2 aliphatic rings. The summed E-state index contributed by atoms with van der Waals surface area (Å²) in [6.07, 6.45) is 7.18.